The van der Waals surface area contributed by atoms with E-state index in [9.17, 15) is 0 Å². The van der Waals surface area contributed by atoms with Crippen LogP contribution in [-0.4, -0.2) is 18.8 Å². The first-order valence-corrected chi connectivity index (χ1v) is 6.07. The van der Waals surface area contributed by atoms with Crippen molar-refractivity contribution in [1.82, 2.24) is 0 Å². The Hall–Kier alpha value is -0.0800. The summed E-state index contributed by atoms with van der Waals surface area (Å²) in [7, 11) is 0. The van der Waals surface area contributed by atoms with Crippen LogP contribution in [0.1, 0.15) is 45.4 Å². The zero-order valence-corrected chi connectivity index (χ0v) is 9.30. The first-order chi connectivity index (χ1) is 6.71. The SMILES string of the molecule is CC1CCC(N)(C2CCOCC2)CC1. The van der Waals surface area contributed by atoms with Crippen molar-refractivity contribution in [2.24, 2.45) is 17.6 Å². The molecule has 0 aromatic rings. The lowest BCUT2D eigenvalue weighted by atomic mass is 9.68. The normalized spacial score (nSPS) is 41.1. The predicted octanol–water partition coefficient (Wildman–Crippen LogP) is 2.32. The Balaban J connectivity index is 1.93. The fourth-order valence-corrected chi connectivity index (χ4v) is 2.98. The molecule has 2 aliphatic rings. The van der Waals surface area contributed by atoms with Crippen LogP contribution in [-0.2, 0) is 4.74 Å². The van der Waals surface area contributed by atoms with Crippen molar-refractivity contribution in [2.75, 3.05) is 13.2 Å². The minimum absolute atomic E-state index is 0.149. The van der Waals surface area contributed by atoms with E-state index in [2.05, 4.69) is 6.92 Å². The molecular formula is C12H23NO. The van der Waals surface area contributed by atoms with E-state index in [1.54, 1.807) is 0 Å². The van der Waals surface area contributed by atoms with E-state index in [0.717, 1.165) is 25.0 Å². The molecule has 0 aromatic carbocycles. The minimum atomic E-state index is 0.149. The van der Waals surface area contributed by atoms with Crippen LogP contribution < -0.4 is 5.73 Å². The van der Waals surface area contributed by atoms with Crippen molar-refractivity contribution in [3.63, 3.8) is 0 Å². The minimum Gasteiger partial charge on any atom is -0.381 e. The second kappa shape index (κ2) is 4.19. The lowest BCUT2D eigenvalue weighted by molar-refractivity contribution is 0.0245. The van der Waals surface area contributed by atoms with Gasteiger partial charge in [0.25, 0.3) is 0 Å². The van der Waals surface area contributed by atoms with Gasteiger partial charge in [0.05, 0.1) is 0 Å². The molecular weight excluding hydrogens is 174 g/mol. The monoisotopic (exact) mass is 197 g/mol. The van der Waals surface area contributed by atoms with Crippen molar-refractivity contribution in [1.29, 1.82) is 0 Å². The quantitative estimate of drug-likeness (QED) is 0.700. The van der Waals surface area contributed by atoms with Gasteiger partial charge in [0.2, 0.25) is 0 Å². The molecule has 1 saturated carbocycles. The van der Waals surface area contributed by atoms with E-state index < -0.39 is 0 Å². The summed E-state index contributed by atoms with van der Waals surface area (Å²) in [5.74, 6) is 1.62. The highest BCUT2D eigenvalue weighted by molar-refractivity contribution is 4.95. The van der Waals surface area contributed by atoms with Crippen molar-refractivity contribution >= 4 is 0 Å². The number of nitrogens with two attached hydrogens (primary N) is 1. The van der Waals surface area contributed by atoms with Gasteiger partial charge in [0.15, 0.2) is 0 Å². The Bertz CT molecular complexity index is 179. The summed E-state index contributed by atoms with van der Waals surface area (Å²) in [6.45, 7) is 4.21. The smallest absolute Gasteiger partial charge is 0.0469 e. The van der Waals surface area contributed by atoms with E-state index in [1.807, 2.05) is 0 Å². The van der Waals surface area contributed by atoms with Crippen LogP contribution in [0.3, 0.4) is 0 Å². The lowest BCUT2D eigenvalue weighted by Crippen LogP contribution is -2.51. The second-order valence-corrected chi connectivity index (χ2v) is 5.30. The van der Waals surface area contributed by atoms with Gasteiger partial charge in [-0.3, -0.25) is 0 Å². The predicted molar refractivity (Wildman–Crippen MR) is 58.1 cm³/mol. The molecule has 2 heteroatoms. The summed E-state index contributed by atoms with van der Waals surface area (Å²) in [6, 6.07) is 0. The van der Waals surface area contributed by atoms with Crippen LogP contribution in [0.25, 0.3) is 0 Å². The third-order valence-corrected chi connectivity index (χ3v) is 4.24. The van der Waals surface area contributed by atoms with Gasteiger partial charge in [-0.2, -0.15) is 0 Å². The Labute approximate surface area is 87.2 Å². The maximum atomic E-state index is 6.54. The Morgan fingerprint density at radius 2 is 1.64 bits per heavy atom. The van der Waals surface area contributed by atoms with E-state index in [4.69, 9.17) is 10.5 Å². The van der Waals surface area contributed by atoms with Crippen molar-refractivity contribution in [3.05, 3.63) is 0 Å². The van der Waals surface area contributed by atoms with Crippen LogP contribution in [0.15, 0.2) is 0 Å². The molecule has 0 spiro atoms. The molecule has 1 saturated heterocycles. The van der Waals surface area contributed by atoms with Crippen LogP contribution >= 0.6 is 0 Å². The second-order valence-electron chi connectivity index (χ2n) is 5.30. The van der Waals surface area contributed by atoms with Gasteiger partial charge in [-0.05, 0) is 50.4 Å². The van der Waals surface area contributed by atoms with Gasteiger partial charge in [-0.1, -0.05) is 6.92 Å². The fourth-order valence-electron chi connectivity index (χ4n) is 2.98. The molecule has 14 heavy (non-hydrogen) atoms. The van der Waals surface area contributed by atoms with E-state index in [1.165, 1.54) is 38.5 Å². The molecule has 2 nitrogen and oxygen atoms in total. The highest BCUT2D eigenvalue weighted by Crippen LogP contribution is 2.38. The summed E-state index contributed by atoms with van der Waals surface area (Å²) in [5.41, 5.74) is 6.69. The highest BCUT2D eigenvalue weighted by atomic mass is 16.5. The Morgan fingerprint density at radius 3 is 2.21 bits per heavy atom. The number of rotatable bonds is 1. The maximum Gasteiger partial charge on any atom is 0.0469 e. The molecule has 1 aliphatic carbocycles. The molecule has 0 atom stereocenters. The molecule has 1 aliphatic heterocycles. The van der Waals surface area contributed by atoms with E-state index in [-0.39, 0.29) is 5.54 Å². The molecule has 0 amide bonds. The third kappa shape index (κ3) is 2.12. The van der Waals surface area contributed by atoms with Crippen molar-refractivity contribution in [3.8, 4) is 0 Å². The highest BCUT2D eigenvalue weighted by Gasteiger charge is 2.38. The van der Waals surface area contributed by atoms with Gasteiger partial charge in [0.1, 0.15) is 0 Å². The fraction of sp³-hybridized carbons (Fsp3) is 1.00. The zero-order chi connectivity index (χ0) is 10.0. The molecule has 0 aromatic heterocycles. The van der Waals surface area contributed by atoms with E-state index in [0.29, 0.717) is 0 Å². The largest absolute Gasteiger partial charge is 0.381 e. The average Bonchev–Trinajstić information content (AvgIpc) is 2.24. The summed E-state index contributed by atoms with van der Waals surface area (Å²) in [6.07, 6.45) is 7.50. The Kier molecular flexibility index (Phi) is 3.13. The van der Waals surface area contributed by atoms with Crippen molar-refractivity contribution < 1.29 is 4.74 Å². The van der Waals surface area contributed by atoms with Crippen molar-refractivity contribution in [2.45, 2.75) is 51.0 Å². The van der Waals surface area contributed by atoms with Gasteiger partial charge < -0.3 is 10.5 Å². The molecule has 2 N–H and O–H groups in total. The van der Waals surface area contributed by atoms with E-state index >= 15 is 0 Å². The number of ether oxygens (including phenoxy) is 1. The lowest BCUT2D eigenvalue weighted by Gasteiger charge is -2.43. The summed E-state index contributed by atoms with van der Waals surface area (Å²) < 4.78 is 5.40. The first-order valence-electron chi connectivity index (χ1n) is 6.07. The first kappa shape index (κ1) is 10.4. The molecule has 0 bridgehead atoms. The Morgan fingerprint density at radius 1 is 1.07 bits per heavy atom. The standard InChI is InChI=1S/C12H23NO/c1-10-2-6-12(13,7-3-10)11-4-8-14-9-5-11/h10-11H,2-9,13H2,1H3. The van der Waals surface area contributed by atoms with Gasteiger partial charge in [-0.25, -0.2) is 0 Å². The molecule has 2 fully saturated rings. The summed E-state index contributed by atoms with van der Waals surface area (Å²) in [4.78, 5) is 0. The molecule has 0 unspecified atom stereocenters. The average molecular weight is 197 g/mol. The molecule has 0 radical (unpaired) electrons. The summed E-state index contributed by atoms with van der Waals surface area (Å²) in [5, 5.41) is 0. The van der Waals surface area contributed by atoms with Crippen LogP contribution in [0.4, 0.5) is 0 Å². The zero-order valence-electron chi connectivity index (χ0n) is 9.30. The van der Waals surface area contributed by atoms with Crippen LogP contribution in [0, 0.1) is 11.8 Å². The number of hydrogen-bond donors (Lipinski definition) is 1. The third-order valence-electron chi connectivity index (χ3n) is 4.24. The molecule has 1 heterocycles. The van der Waals surface area contributed by atoms with Crippen LogP contribution in [0.5, 0.6) is 0 Å². The topological polar surface area (TPSA) is 35.2 Å². The van der Waals surface area contributed by atoms with Gasteiger partial charge >= 0.3 is 0 Å². The summed E-state index contributed by atoms with van der Waals surface area (Å²) >= 11 is 0. The molecule has 82 valence electrons. The maximum absolute atomic E-state index is 6.54. The number of hydrogen-bond acceptors (Lipinski definition) is 2. The van der Waals surface area contributed by atoms with Gasteiger partial charge in [-0.15, -0.1) is 0 Å². The van der Waals surface area contributed by atoms with Gasteiger partial charge in [0, 0.05) is 18.8 Å². The van der Waals surface area contributed by atoms with Crippen LogP contribution in [0.2, 0.25) is 0 Å². The molecule has 2 rings (SSSR count).